The summed E-state index contributed by atoms with van der Waals surface area (Å²) in [5.74, 6) is -1.27. The van der Waals surface area contributed by atoms with Crippen LogP contribution in [0.5, 0.6) is 5.75 Å². The molecule has 3 rings (SSSR count). The highest BCUT2D eigenvalue weighted by Crippen LogP contribution is 2.17. The van der Waals surface area contributed by atoms with Gasteiger partial charge < -0.3 is 29.7 Å². The molecule has 2 aromatic carbocycles. The van der Waals surface area contributed by atoms with E-state index in [1.165, 1.54) is 24.3 Å². The molecule has 1 atom stereocenters. The largest absolute Gasteiger partial charge is 0.493 e. The normalized spacial score (nSPS) is 13.7. The summed E-state index contributed by atoms with van der Waals surface area (Å²) in [5.41, 5.74) is 0.700. The van der Waals surface area contributed by atoms with E-state index in [1.807, 2.05) is 6.07 Å². The van der Waals surface area contributed by atoms with Gasteiger partial charge in [-0.2, -0.15) is 0 Å². The molecule has 1 fully saturated rings. The molecule has 0 spiro atoms. The van der Waals surface area contributed by atoms with Crippen LogP contribution in [0.4, 0.5) is 10.5 Å². The second kappa shape index (κ2) is 14.3. The summed E-state index contributed by atoms with van der Waals surface area (Å²) in [6.45, 7) is 1.36. The Balaban J connectivity index is 1.34. The Morgan fingerprint density at radius 3 is 2.08 bits per heavy atom. The van der Waals surface area contributed by atoms with Crippen LogP contribution in [0.1, 0.15) is 24.8 Å². The lowest BCUT2D eigenvalue weighted by Gasteiger charge is -2.35. The van der Waals surface area contributed by atoms with Gasteiger partial charge in [0.15, 0.2) is 0 Å². The van der Waals surface area contributed by atoms with Gasteiger partial charge in [-0.3, -0.25) is 19.7 Å². The number of benzene rings is 2. The van der Waals surface area contributed by atoms with Crippen LogP contribution in [0.25, 0.3) is 0 Å². The van der Waals surface area contributed by atoms with E-state index in [9.17, 15) is 34.4 Å². The lowest BCUT2D eigenvalue weighted by Crippen LogP contribution is -2.51. The minimum atomic E-state index is -1.28. The fraction of sp³-hybridized carbons (Fsp3) is 0.385. The molecule has 2 N–H and O–H groups in total. The third-order valence-electron chi connectivity index (χ3n) is 6.07. The zero-order valence-electron chi connectivity index (χ0n) is 21.2. The molecule has 39 heavy (non-hydrogen) atoms. The summed E-state index contributed by atoms with van der Waals surface area (Å²) in [7, 11) is 0. The number of nitrogens with zero attached hydrogens (tertiary/aromatic N) is 3. The summed E-state index contributed by atoms with van der Waals surface area (Å²) < 4.78 is 10.5. The number of carbonyl (C=O) groups excluding carboxylic acids is 3. The van der Waals surface area contributed by atoms with E-state index in [0.29, 0.717) is 31.9 Å². The standard InChI is InChI=1S/C26H30N4O9/c31-23(11-10-22(25(33)34)27-26(35)39-18-19-4-2-1-3-5-19)28-13-15-29(16-14-28)24(32)12-17-38-21-8-6-20(7-9-21)30(36)37/h1-9,22H,10-18H2,(H,27,35)(H,33,34)/t22-/m0/s1. The lowest BCUT2D eigenvalue weighted by atomic mass is 10.1. The molecule has 0 bridgehead atoms. The number of nitro benzene ring substituents is 1. The maximum atomic E-state index is 12.6. The molecular weight excluding hydrogens is 512 g/mol. The highest BCUT2D eigenvalue weighted by Gasteiger charge is 2.27. The SMILES string of the molecule is O=C(N[C@@H](CCC(=O)N1CCN(C(=O)CCOc2ccc([N+](=O)[O-])cc2)CC1)C(=O)O)OCc1ccccc1. The van der Waals surface area contributed by atoms with Gasteiger partial charge in [-0.15, -0.1) is 0 Å². The van der Waals surface area contributed by atoms with E-state index >= 15 is 0 Å². The molecule has 0 aromatic heterocycles. The second-order valence-electron chi connectivity index (χ2n) is 8.75. The first kappa shape index (κ1) is 28.9. The van der Waals surface area contributed by atoms with Gasteiger partial charge in [0.2, 0.25) is 11.8 Å². The zero-order valence-corrected chi connectivity index (χ0v) is 21.2. The van der Waals surface area contributed by atoms with Gasteiger partial charge in [0.05, 0.1) is 18.0 Å². The summed E-state index contributed by atoms with van der Waals surface area (Å²) in [5, 5.41) is 22.4. The van der Waals surface area contributed by atoms with Gasteiger partial charge in [0, 0.05) is 44.7 Å². The van der Waals surface area contributed by atoms with Gasteiger partial charge in [0.25, 0.3) is 5.69 Å². The van der Waals surface area contributed by atoms with Crippen LogP contribution in [-0.4, -0.2) is 82.5 Å². The van der Waals surface area contributed by atoms with Crippen LogP contribution in [0.15, 0.2) is 54.6 Å². The number of piperazine rings is 1. The van der Waals surface area contributed by atoms with Crippen molar-refractivity contribution in [2.45, 2.75) is 31.9 Å². The van der Waals surface area contributed by atoms with Gasteiger partial charge in [0.1, 0.15) is 18.4 Å². The first-order valence-corrected chi connectivity index (χ1v) is 12.4. The lowest BCUT2D eigenvalue weighted by molar-refractivity contribution is -0.384. The molecule has 208 valence electrons. The Kier molecular flexibility index (Phi) is 10.6. The molecule has 0 saturated carbocycles. The third kappa shape index (κ3) is 9.29. The van der Waals surface area contributed by atoms with Crippen LogP contribution in [0.2, 0.25) is 0 Å². The topological polar surface area (TPSA) is 169 Å². The predicted octanol–water partition coefficient (Wildman–Crippen LogP) is 2.19. The number of non-ortho nitro benzene ring substituents is 1. The molecule has 3 amide bonds. The number of hydrogen-bond donors (Lipinski definition) is 2. The molecule has 1 saturated heterocycles. The van der Waals surface area contributed by atoms with Crippen molar-refractivity contribution >= 4 is 29.6 Å². The monoisotopic (exact) mass is 542 g/mol. The number of rotatable bonds is 12. The Bertz CT molecular complexity index is 1150. The maximum absolute atomic E-state index is 12.6. The van der Waals surface area contributed by atoms with Crippen LogP contribution in [-0.2, 0) is 25.7 Å². The number of nitro groups is 1. The van der Waals surface area contributed by atoms with Crippen molar-refractivity contribution < 1.29 is 38.7 Å². The van der Waals surface area contributed by atoms with Crippen LogP contribution >= 0.6 is 0 Å². The van der Waals surface area contributed by atoms with E-state index in [0.717, 1.165) is 5.56 Å². The Morgan fingerprint density at radius 2 is 1.51 bits per heavy atom. The molecule has 1 aliphatic rings. The van der Waals surface area contributed by atoms with Crippen molar-refractivity contribution in [3.8, 4) is 5.75 Å². The summed E-state index contributed by atoms with van der Waals surface area (Å²) in [4.78, 5) is 62.0. The molecule has 1 heterocycles. The van der Waals surface area contributed by atoms with E-state index in [1.54, 1.807) is 34.1 Å². The minimum absolute atomic E-state index is 0.00981. The highest BCUT2D eigenvalue weighted by molar-refractivity contribution is 5.82. The summed E-state index contributed by atoms with van der Waals surface area (Å²) >= 11 is 0. The molecule has 0 unspecified atom stereocenters. The number of nitrogens with one attached hydrogen (secondary N) is 1. The van der Waals surface area contributed by atoms with Crippen molar-refractivity contribution in [2.75, 3.05) is 32.8 Å². The smallest absolute Gasteiger partial charge is 0.408 e. The van der Waals surface area contributed by atoms with Gasteiger partial charge in [-0.1, -0.05) is 30.3 Å². The average molecular weight is 543 g/mol. The first-order chi connectivity index (χ1) is 18.7. The van der Waals surface area contributed by atoms with Crippen molar-refractivity contribution in [3.05, 3.63) is 70.3 Å². The predicted molar refractivity (Wildman–Crippen MR) is 137 cm³/mol. The number of alkyl carbamates (subject to hydrolysis) is 1. The first-order valence-electron chi connectivity index (χ1n) is 12.4. The number of carboxylic acid groups (broad SMARTS) is 1. The molecule has 0 radical (unpaired) electrons. The summed E-state index contributed by atoms with van der Waals surface area (Å²) in [6, 6.07) is 13.2. The fourth-order valence-corrected chi connectivity index (χ4v) is 3.87. The summed E-state index contributed by atoms with van der Waals surface area (Å²) in [6.07, 6.45) is -0.971. The van der Waals surface area contributed by atoms with Crippen molar-refractivity contribution in [3.63, 3.8) is 0 Å². The third-order valence-corrected chi connectivity index (χ3v) is 6.07. The molecular formula is C26H30N4O9. The Labute approximate surface area is 224 Å². The maximum Gasteiger partial charge on any atom is 0.408 e. The Hall–Kier alpha value is -4.68. The number of carboxylic acids is 1. The van der Waals surface area contributed by atoms with Crippen molar-refractivity contribution in [1.82, 2.24) is 15.1 Å². The molecule has 0 aliphatic carbocycles. The molecule has 13 nitrogen and oxygen atoms in total. The van der Waals surface area contributed by atoms with E-state index in [4.69, 9.17) is 9.47 Å². The van der Waals surface area contributed by atoms with Gasteiger partial charge in [-0.25, -0.2) is 9.59 Å². The van der Waals surface area contributed by atoms with Crippen molar-refractivity contribution in [2.24, 2.45) is 0 Å². The van der Waals surface area contributed by atoms with Gasteiger partial charge in [-0.05, 0) is 24.1 Å². The van der Waals surface area contributed by atoms with Crippen LogP contribution < -0.4 is 10.1 Å². The number of aliphatic carboxylic acids is 1. The molecule has 1 aliphatic heterocycles. The van der Waals surface area contributed by atoms with E-state index in [-0.39, 0.29) is 50.0 Å². The number of amides is 3. The Morgan fingerprint density at radius 1 is 0.923 bits per heavy atom. The minimum Gasteiger partial charge on any atom is -0.493 e. The number of ether oxygens (including phenoxy) is 2. The highest BCUT2D eigenvalue weighted by atomic mass is 16.6. The second-order valence-corrected chi connectivity index (χ2v) is 8.75. The zero-order chi connectivity index (χ0) is 28.2. The quantitative estimate of drug-likeness (QED) is 0.302. The number of hydrogen-bond acceptors (Lipinski definition) is 8. The van der Waals surface area contributed by atoms with E-state index in [2.05, 4.69) is 5.32 Å². The van der Waals surface area contributed by atoms with Crippen LogP contribution in [0.3, 0.4) is 0 Å². The van der Waals surface area contributed by atoms with E-state index < -0.39 is 23.0 Å². The average Bonchev–Trinajstić information content (AvgIpc) is 2.94. The molecule has 2 aromatic rings. The number of carbonyl (C=O) groups is 4. The molecule has 13 heteroatoms. The van der Waals surface area contributed by atoms with Gasteiger partial charge >= 0.3 is 12.1 Å². The van der Waals surface area contributed by atoms with Crippen molar-refractivity contribution in [1.29, 1.82) is 0 Å². The fourth-order valence-electron chi connectivity index (χ4n) is 3.87. The van der Waals surface area contributed by atoms with Crippen LogP contribution in [0, 0.1) is 10.1 Å².